The molecule has 2 N–H and O–H groups in total. The Labute approximate surface area is 341 Å². The molecule has 12 heteroatoms. The van der Waals surface area contributed by atoms with Gasteiger partial charge < -0.3 is 34.3 Å². The molecule has 12 nitrogen and oxygen atoms in total. The third-order valence-corrected chi connectivity index (χ3v) is 12.6. The summed E-state index contributed by atoms with van der Waals surface area (Å²) in [6.45, 7) is 2.89. The molecule has 0 saturated carbocycles. The van der Waals surface area contributed by atoms with E-state index < -0.39 is 41.5 Å². The van der Waals surface area contributed by atoms with E-state index in [0.717, 1.165) is 33.8 Å². The van der Waals surface area contributed by atoms with Crippen molar-refractivity contribution in [2.75, 3.05) is 51.5 Å². The second-order valence-electron chi connectivity index (χ2n) is 15.7. The molecule has 0 unspecified atom stereocenters. The molecule has 6 atom stereocenters. The van der Waals surface area contributed by atoms with E-state index in [2.05, 4.69) is 15.1 Å². The molecular weight excluding hydrogens is 749 g/mol. The highest BCUT2D eigenvalue weighted by atomic mass is 16.7. The number of aliphatic hydroxyl groups is 1. The van der Waals surface area contributed by atoms with Gasteiger partial charge >= 0.3 is 5.97 Å². The van der Waals surface area contributed by atoms with E-state index in [0.29, 0.717) is 49.7 Å². The molecule has 3 fully saturated rings. The molecule has 0 aliphatic carbocycles. The number of carbonyl (C=O) groups is 3. The average molecular weight is 793 g/mol. The number of para-hydroxylation sites is 1. The lowest BCUT2D eigenvalue weighted by Crippen LogP contribution is -2.58. The molecule has 5 aromatic rings. The molecule has 2 amide bonds. The fourth-order valence-electron chi connectivity index (χ4n) is 10.1. The first-order valence-electron chi connectivity index (χ1n) is 20.2. The van der Waals surface area contributed by atoms with Crippen LogP contribution in [0.25, 0.3) is 0 Å². The van der Waals surface area contributed by atoms with Crippen LogP contribution in [-0.4, -0.2) is 89.8 Å². The maximum Gasteiger partial charge on any atom is 0.324 e. The summed E-state index contributed by atoms with van der Waals surface area (Å²) in [7, 11) is 0. The van der Waals surface area contributed by atoms with Gasteiger partial charge in [-0.3, -0.25) is 24.2 Å². The lowest BCUT2D eigenvalue weighted by molar-refractivity contribution is -0.179. The average Bonchev–Trinajstić information content (AvgIpc) is 3.96. The number of benzene rings is 5. The third kappa shape index (κ3) is 6.21. The molecule has 300 valence electrons. The van der Waals surface area contributed by atoms with E-state index in [4.69, 9.17) is 18.9 Å². The summed E-state index contributed by atoms with van der Waals surface area (Å²) < 4.78 is 23.4. The number of fused-ring (bicyclic) bond motifs is 4. The molecule has 59 heavy (non-hydrogen) atoms. The molecule has 10 rings (SSSR count). The van der Waals surface area contributed by atoms with Crippen molar-refractivity contribution >= 4 is 23.5 Å². The number of hydrogen-bond donors (Lipinski definition) is 2. The summed E-state index contributed by atoms with van der Waals surface area (Å²) in [4.78, 5) is 52.2. The van der Waals surface area contributed by atoms with E-state index in [1.54, 1.807) is 0 Å². The van der Waals surface area contributed by atoms with Crippen molar-refractivity contribution in [2.45, 2.75) is 36.2 Å². The first-order valence-corrected chi connectivity index (χ1v) is 20.2. The van der Waals surface area contributed by atoms with Crippen molar-refractivity contribution in [2.24, 2.45) is 5.92 Å². The van der Waals surface area contributed by atoms with Gasteiger partial charge in [-0.2, -0.15) is 0 Å². The molecule has 0 radical (unpaired) electrons. The van der Waals surface area contributed by atoms with E-state index in [1.165, 1.54) is 0 Å². The van der Waals surface area contributed by atoms with Crippen LogP contribution in [0.2, 0.25) is 0 Å². The molecule has 1 spiro atoms. The number of esters is 1. The van der Waals surface area contributed by atoms with Gasteiger partial charge in [0.2, 0.25) is 18.6 Å². The number of anilines is 1. The number of amides is 2. The second-order valence-corrected chi connectivity index (χ2v) is 15.7. The Hall–Kier alpha value is -6.21. The molecule has 5 aliphatic heterocycles. The molecule has 3 saturated heterocycles. The number of cyclic esters (lactones) is 1. The molecular formula is C47H44N4O8. The minimum Gasteiger partial charge on any atom is -0.491 e. The fourth-order valence-corrected chi connectivity index (χ4v) is 10.1. The SMILES string of the molecule is O=C1O[C@H](c2ccccc2)[C@H](c2ccccc2)N2[C@H]1[C@@H](C(=O)N1CCN(Cc3ccc4c(c3)OCO4)CC1)[C@]1(C(=O)Nc3ccccc31)[C@H]2c1ccc(OCCO)cc1. The van der Waals surface area contributed by atoms with Gasteiger partial charge in [-0.15, -0.1) is 0 Å². The Kier molecular flexibility index (Phi) is 9.55. The van der Waals surface area contributed by atoms with E-state index in [-0.39, 0.29) is 31.8 Å². The molecule has 5 aliphatic rings. The van der Waals surface area contributed by atoms with Crippen LogP contribution in [0, 0.1) is 5.92 Å². The van der Waals surface area contributed by atoms with E-state index >= 15 is 14.4 Å². The van der Waals surface area contributed by atoms with Crippen molar-refractivity contribution < 1.29 is 38.4 Å². The van der Waals surface area contributed by atoms with Crippen LogP contribution in [0.1, 0.15) is 46.0 Å². The van der Waals surface area contributed by atoms with Crippen molar-refractivity contribution in [1.82, 2.24) is 14.7 Å². The van der Waals surface area contributed by atoms with Crippen molar-refractivity contribution in [1.29, 1.82) is 0 Å². The van der Waals surface area contributed by atoms with Gasteiger partial charge in [-0.05, 0) is 58.1 Å². The zero-order valence-corrected chi connectivity index (χ0v) is 32.3. The number of aliphatic hydroxyl groups excluding tert-OH is 1. The summed E-state index contributed by atoms with van der Waals surface area (Å²) >= 11 is 0. The number of piperazine rings is 1. The molecule has 5 heterocycles. The lowest BCUT2D eigenvalue weighted by atomic mass is 9.65. The largest absolute Gasteiger partial charge is 0.491 e. The molecule has 0 bridgehead atoms. The van der Waals surface area contributed by atoms with Gasteiger partial charge in [-0.1, -0.05) is 97.1 Å². The van der Waals surface area contributed by atoms with Crippen molar-refractivity contribution in [3.05, 3.63) is 155 Å². The summed E-state index contributed by atoms with van der Waals surface area (Å²) in [6.07, 6.45) is -0.748. The smallest absolute Gasteiger partial charge is 0.324 e. The standard InChI is InChI=1S/C47H44N4O8/c52-25-26-56-34-18-16-33(17-19-34)43-47(35-13-7-8-14-36(35)48-46(47)55)39(44(53)50-23-21-49(22-24-50)28-30-15-20-37-38(27-30)58-29-57-37)41-45(54)59-42(32-11-5-2-6-12-32)40(51(41)43)31-9-3-1-4-10-31/h1-20,27,39-43,52H,21-26,28-29H2,(H,48,55)/t39-,40-,41-,42+,43+,47-/m0/s1. The molecule has 0 aromatic heterocycles. The predicted octanol–water partition coefficient (Wildman–Crippen LogP) is 5.40. The topological polar surface area (TPSA) is 130 Å². The van der Waals surface area contributed by atoms with Gasteiger partial charge in [0.15, 0.2) is 11.5 Å². The first-order chi connectivity index (χ1) is 28.9. The summed E-state index contributed by atoms with van der Waals surface area (Å²) in [6, 6.07) is 38.0. The van der Waals surface area contributed by atoms with Crippen LogP contribution < -0.4 is 19.5 Å². The van der Waals surface area contributed by atoms with Gasteiger partial charge in [0, 0.05) is 38.4 Å². The highest BCUT2D eigenvalue weighted by molar-refractivity contribution is 6.12. The number of hydrogen-bond acceptors (Lipinski definition) is 10. The minimum absolute atomic E-state index is 0.123. The van der Waals surface area contributed by atoms with Crippen LogP contribution in [0.15, 0.2) is 127 Å². The highest BCUT2D eigenvalue weighted by Crippen LogP contribution is 2.65. The number of carbonyl (C=O) groups excluding carboxylic acids is 3. The Morgan fingerprint density at radius 2 is 1.46 bits per heavy atom. The summed E-state index contributed by atoms with van der Waals surface area (Å²) in [5, 5.41) is 12.6. The fraction of sp³-hybridized carbons (Fsp3) is 0.298. The highest BCUT2D eigenvalue weighted by Gasteiger charge is 2.74. The lowest BCUT2D eigenvalue weighted by Gasteiger charge is -2.46. The Morgan fingerprint density at radius 1 is 0.763 bits per heavy atom. The molecule has 5 aromatic carbocycles. The van der Waals surface area contributed by atoms with Crippen molar-refractivity contribution in [3.8, 4) is 17.2 Å². The Balaban J connectivity index is 1.10. The van der Waals surface area contributed by atoms with E-state index in [1.807, 2.05) is 132 Å². The zero-order valence-electron chi connectivity index (χ0n) is 32.3. The van der Waals surface area contributed by atoms with Gasteiger partial charge in [0.1, 0.15) is 29.9 Å². The normalized spacial score (nSPS) is 26.0. The predicted molar refractivity (Wildman–Crippen MR) is 217 cm³/mol. The number of ether oxygens (including phenoxy) is 4. The van der Waals surface area contributed by atoms with Gasteiger partial charge in [0.05, 0.1) is 24.6 Å². The minimum atomic E-state index is -1.53. The summed E-state index contributed by atoms with van der Waals surface area (Å²) in [5.74, 6) is -0.279. The van der Waals surface area contributed by atoms with Crippen LogP contribution in [0.4, 0.5) is 5.69 Å². The van der Waals surface area contributed by atoms with Gasteiger partial charge in [-0.25, -0.2) is 0 Å². The number of nitrogens with zero attached hydrogens (tertiary/aromatic N) is 3. The quantitative estimate of drug-likeness (QED) is 0.187. The maximum atomic E-state index is 15.7. The van der Waals surface area contributed by atoms with Crippen LogP contribution in [-0.2, 0) is 31.1 Å². The van der Waals surface area contributed by atoms with E-state index in [9.17, 15) is 5.11 Å². The van der Waals surface area contributed by atoms with Gasteiger partial charge in [0.25, 0.3) is 0 Å². The van der Waals surface area contributed by atoms with Crippen LogP contribution in [0.3, 0.4) is 0 Å². The Bertz CT molecular complexity index is 2370. The Morgan fingerprint density at radius 3 is 2.20 bits per heavy atom. The third-order valence-electron chi connectivity index (χ3n) is 12.6. The van der Waals surface area contributed by atoms with Crippen LogP contribution >= 0.6 is 0 Å². The van der Waals surface area contributed by atoms with Crippen LogP contribution in [0.5, 0.6) is 17.2 Å². The monoisotopic (exact) mass is 792 g/mol. The second kappa shape index (κ2) is 15.2. The number of morpholine rings is 1. The first kappa shape index (κ1) is 37.1. The number of nitrogens with one attached hydrogen (secondary N) is 1. The zero-order chi connectivity index (χ0) is 40.1. The van der Waals surface area contributed by atoms with Crippen molar-refractivity contribution in [3.63, 3.8) is 0 Å². The maximum absolute atomic E-state index is 15.7. The number of rotatable bonds is 9. The summed E-state index contributed by atoms with van der Waals surface area (Å²) in [5.41, 5.74) is 3.26.